The third kappa shape index (κ3) is 3.62. The lowest BCUT2D eigenvalue weighted by Crippen LogP contribution is -2.50. The minimum atomic E-state index is -3.61. The molecule has 11 heteroatoms. The first kappa shape index (κ1) is 20.3. The van der Waals surface area contributed by atoms with Gasteiger partial charge in [-0.25, -0.2) is 13.4 Å². The monoisotopic (exact) mass is 424 g/mol. The van der Waals surface area contributed by atoms with Gasteiger partial charge in [-0.2, -0.15) is 0 Å². The quantitative estimate of drug-likeness (QED) is 0.723. The summed E-state index contributed by atoms with van der Waals surface area (Å²) in [5, 5.41) is 3.28. The van der Waals surface area contributed by atoms with Crippen LogP contribution in [0.5, 0.6) is 0 Å². The maximum absolute atomic E-state index is 12.8. The number of aliphatic imine (C=N–C) groups is 1. The molecule has 3 heterocycles. The lowest BCUT2D eigenvalue weighted by molar-refractivity contribution is -0.133. The molecule has 0 aliphatic carbocycles. The molecule has 1 amide bonds. The van der Waals surface area contributed by atoms with Gasteiger partial charge in [0.05, 0.1) is 4.90 Å². The Balaban J connectivity index is 0.00000225. The largest absolute Gasteiger partial charge is 0.336 e. The minimum Gasteiger partial charge on any atom is -0.336 e. The molecule has 1 aromatic heterocycles. The van der Waals surface area contributed by atoms with Crippen LogP contribution >= 0.6 is 12.4 Å². The van der Waals surface area contributed by atoms with Crippen LogP contribution in [0.1, 0.15) is 17.4 Å². The average Bonchev–Trinajstić information content (AvgIpc) is 3.21. The minimum absolute atomic E-state index is 0. The number of aromatic nitrogens is 2. The van der Waals surface area contributed by atoms with Crippen LogP contribution in [-0.4, -0.2) is 60.8 Å². The summed E-state index contributed by atoms with van der Waals surface area (Å²) in [5.74, 6) is 0.846. The van der Waals surface area contributed by atoms with E-state index in [2.05, 4.69) is 20.0 Å². The molecule has 2 aliphatic heterocycles. The number of carbonyl (C=O) groups is 1. The van der Waals surface area contributed by atoms with Crippen molar-refractivity contribution in [2.45, 2.75) is 10.9 Å². The van der Waals surface area contributed by atoms with E-state index in [9.17, 15) is 13.2 Å². The lowest BCUT2D eigenvalue weighted by atomic mass is 10.1. The van der Waals surface area contributed by atoms with Gasteiger partial charge in [0, 0.05) is 44.6 Å². The molecule has 150 valence electrons. The molecule has 1 aromatic carbocycles. The molecule has 0 bridgehead atoms. The fourth-order valence-electron chi connectivity index (χ4n) is 3.42. The molecular weight excluding hydrogens is 404 g/mol. The number of sulfonamides is 1. The molecule has 4 rings (SSSR count). The summed E-state index contributed by atoms with van der Waals surface area (Å²) in [4.78, 5) is 23.4. The number of carbonyl (C=O) groups excluding carboxylic acids is 1. The van der Waals surface area contributed by atoms with Crippen molar-refractivity contribution in [1.29, 1.82) is 0 Å². The maximum atomic E-state index is 12.8. The van der Waals surface area contributed by atoms with Gasteiger partial charge in [-0.05, 0) is 12.1 Å². The fourth-order valence-corrected chi connectivity index (χ4v) is 4.67. The molecule has 1 unspecified atom stereocenters. The molecule has 1 saturated heterocycles. The zero-order valence-electron chi connectivity index (χ0n) is 15.2. The van der Waals surface area contributed by atoms with Crippen LogP contribution in [0.15, 0.2) is 46.5 Å². The van der Waals surface area contributed by atoms with Crippen LogP contribution in [0.25, 0.3) is 0 Å². The molecule has 1 fully saturated rings. The summed E-state index contributed by atoms with van der Waals surface area (Å²) in [5.41, 5.74) is 0.492. The SMILES string of the molecule is Cl.Cn1ccnc1C1CNCCN1C(=O)CN=C1NS(=O)(=O)c2ccccc21. The Kier molecular flexibility index (Phi) is 5.73. The van der Waals surface area contributed by atoms with Crippen molar-refractivity contribution in [3.8, 4) is 0 Å². The van der Waals surface area contributed by atoms with Gasteiger partial charge in [0.1, 0.15) is 24.2 Å². The summed E-state index contributed by atoms with van der Waals surface area (Å²) in [7, 11) is -1.72. The van der Waals surface area contributed by atoms with Gasteiger partial charge < -0.3 is 14.8 Å². The van der Waals surface area contributed by atoms with Gasteiger partial charge in [0.25, 0.3) is 10.0 Å². The number of hydrogen-bond donors (Lipinski definition) is 2. The van der Waals surface area contributed by atoms with Crippen LogP contribution in [-0.2, 0) is 21.9 Å². The van der Waals surface area contributed by atoms with Crippen molar-refractivity contribution < 1.29 is 13.2 Å². The number of aryl methyl sites for hydroxylation is 1. The van der Waals surface area contributed by atoms with Crippen molar-refractivity contribution in [3.05, 3.63) is 48.0 Å². The summed E-state index contributed by atoms with van der Waals surface area (Å²) in [6.45, 7) is 1.72. The summed E-state index contributed by atoms with van der Waals surface area (Å²) >= 11 is 0. The van der Waals surface area contributed by atoms with E-state index in [4.69, 9.17) is 0 Å². The number of halogens is 1. The highest BCUT2D eigenvalue weighted by Crippen LogP contribution is 2.23. The van der Waals surface area contributed by atoms with Crippen molar-refractivity contribution in [2.75, 3.05) is 26.2 Å². The van der Waals surface area contributed by atoms with E-state index in [-0.39, 0.29) is 41.6 Å². The Morgan fingerprint density at radius 1 is 1.36 bits per heavy atom. The Bertz CT molecular complexity index is 1020. The molecule has 2 N–H and O–H groups in total. The third-order valence-corrected chi connectivity index (χ3v) is 6.15. The zero-order chi connectivity index (χ0) is 19.0. The van der Waals surface area contributed by atoms with Gasteiger partial charge >= 0.3 is 0 Å². The van der Waals surface area contributed by atoms with E-state index in [1.807, 2.05) is 17.8 Å². The summed E-state index contributed by atoms with van der Waals surface area (Å²) in [6.07, 6.45) is 3.55. The first-order valence-corrected chi connectivity index (χ1v) is 10.1. The number of fused-ring (bicyclic) bond motifs is 1. The van der Waals surface area contributed by atoms with Crippen molar-refractivity contribution in [3.63, 3.8) is 0 Å². The molecular formula is C17H21ClN6O3S. The molecule has 9 nitrogen and oxygen atoms in total. The Morgan fingerprint density at radius 3 is 2.89 bits per heavy atom. The Morgan fingerprint density at radius 2 is 2.14 bits per heavy atom. The van der Waals surface area contributed by atoms with Gasteiger partial charge in [-0.15, -0.1) is 12.4 Å². The molecule has 2 aromatic rings. The highest BCUT2D eigenvalue weighted by molar-refractivity contribution is 7.90. The van der Waals surface area contributed by atoms with Gasteiger partial charge in [0.2, 0.25) is 5.91 Å². The maximum Gasteiger partial charge on any atom is 0.263 e. The topological polar surface area (TPSA) is 109 Å². The number of amides is 1. The second-order valence-electron chi connectivity index (χ2n) is 6.47. The summed E-state index contributed by atoms with van der Waals surface area (Å²) in [6, 6.07) is 6.42. The number of nitrogens with zero attached hydrogens (tertiary/aromatic N) is 4. The van der Waals surface area contributed by atoms with Crippen molar-refractivity contribution in [2.24, 2.45) is 12.0 Å². The number of amidine groups is 1. The predicted octanol–water partition coefficient (Wildman–Crippen LogP) is 0.0535. The van der Waals surface area contributed by atoms with E-state index in [1.54, 1.807) is 29.3 Å². The first-order valence-electron chi connectivity index (χ1n) is 8.61. The summed E-state index contributed by atoms with van der Waals surface area (Å²) < 4.78 is 28.6. The molecule has 0 radical (unpaired) electrons. The van der Waals surface area contributed by atoms with E-state index < -0.39 is 10.0 Å². The number of imidazole rings is 1. The average molecular weight is 425 g/mol. The lowest BCUT2D eigenvalue weighted by Gasteiger charge is -2.35. The zero-order valence-corrected chi connectivity index (χ0v) is 16.8. The van der Waals surface area contributed by atoms with E-state index in [0.717, 1.165) is 5.82 Å². The predicted molar refractivity (Wildman–Crippen MR) is 106 cm³/mol. The van der Waals surface area contributed by atoms with Crippen LogP contribution < -0.4 is 10.0 Å². The first-order chi connectivity index (χ1) is 13.0. The number of nitrogens with one attached hydrogen (secondary N) is 2. The third-order valence-electron chi connectivity index (χ3n) is 4.76. The number of hydrogen-bond acceptors (Lipinski definition) is 6. The van der Waals surface area contributed by atoms with Crippen molar-refractivity contribution in [1.82, 2.24) is 24.5 Å². The van der Waals surface area contributed by atoms with E-state index in [0.29, 0.717) is 25.2 Å². The Hall–Kier alpha value is -2.43. The normalized spacial score (nSPS) is 21.7. The van der Waals surface area contributed by atoms with Crippen LogP contribution in [0.4, 0.5) is 0 Å². The van der Waals surface area contributed by atoms with Crippen LogP contribution in [0, 0.1) is 0 Å². The second-order valence-corrected chi connectivity index (χ2v) is 8.12. The van der Waals surface area contributed by atoms with Gasteiger partial charge in [-0.1, -0.05) is 12.1 Å². The second kappa shape index (κ2) is 7.90. The van der Waals surface area contributed by atoms with E-state index in [1.165, 1.54) is 6.07 Å². The van der Waals surface area contributed by atoms with Crippen LogP contribution in [0.3, 0.4) is 0 Å². The Labute approximate surface area is 169 Å². The van der Waals surface area contributed by atoms with E-state index >= 15 is 0 Å². The molecule has 1 atom stereocenters. The van der Waals surface area contributed by atoms with Gasteiger partial charge in [-0.3, -0.25) is 14.5 Å². The number of benzene rings is 1. The highest BCUT2D eigenvalue weighted by Gasteiger charge is 2.32. The molecule has 0 saturated carbocycles. The van der Waals surface area contributed by atoms with Gasteiger partial charge in [0.15, 0.2) is 0 Å². The van der Waals surface area contributed by atoms with Crippen molar-refractivity contribution >= 4 is 34.2 Å². The standard InChI is InChI=1S/C17H20N6O3S.ClH/c1-22-8-7-19-17(22)13-10-18-6-9-23(13)15(24)11-20-16-12-4-2-3-5-14(12)27(25,26)21-16;/h2-5,7-8,13,18H,6,9-11H2,1H3,(H,20,21);1H. The number of piperazine rings is 1. The van der Waals surface area contributed by atoms with Crippen LogP contribution in [0.2, 0.25) is 0 Å². The fraction of sp³-hybridized carbons (Fsp3) is 0.353. The molecule has 0 spiro atoms. The highest BCUT2D eigenvalue weighted by atomic mass is 35.5. The molecule has 2 aliphatic rings. The number of rotatable bonds is 3. The smallest absolute Gasteiger partial charge is 0.263 e. The molecule has 28 heavy (non-hydrogen) atoms.